The number of likely N-dealkylation sites (N-methyl/N-ethyl adjacent to an activating group) is 1. The number of guanidine groups is 1. The molecule has 5 nitrogen and oxygen atoms in total. The van der Waals surface area contributed by atoms with Gasteiger partial charge in [-0.1, -0.05) is 17.7 Å². The molecule has 1 saturated heterocycles. The Bertz CT molecular complexity index is 536. The lowest BCUT2D eigenvalue weighted by molar-refractivity contribution is 0.309. The van der Waals surface area contributed by atoms with Crippen LogP contribution < -0.4 is 15.4 Å². The molecule has 6 heteroatoms. The molecule has 2 N–H and O–H groups in total. The second-order valence-electron chi connectivity index (χ2n) is 6.22. The molecule has 0 amide bonds. The molecule has 1 aromatic rings. The Kier molecular flexibility index (Phi) is 9.43. The Morgan fingerprint density at radius 1 is 1.38 bits per heavy atom. The van der Waals surface area contributed by atoms with Gasteiger partial charge in [-0.05, 0) is 51.4 Å². The summed E-state index contributed by atoms with van der Waals surface area (Å²) >= 11 is 0. The Hall–Kier alpha value is -1.02. The van der Waals surface area contributed by atoms with Gasteiger partial charge in [-0.2, -0.15) is 0 Å². The molecule has 0 bridgehead atoms. The quantitative estimate of drug-likeness (QED) is 0.401. The van der Waals surface area contributed by atoms with E-state index in [4.69, 9.17) is 4.74 Å². The van der Waals surface area contributed by atoms with Gasteiger partial charge < -0.3 is 20.3 Å². The van der Waals surface area contributed by atoms with Crippen molar-refractivity contribution in [3.63, 3.8) is 0 Å². The highest BCUT2D eigenvalue weighted by molar-refractivity contribution is 14.0. The van der Waals surface area contributed by atoms with Crippen LogP contribution in [0.2, 0.25) is 0 Å². The number of nitrogens with one attached hydrogen (secondary N) is 2. The number of aryl methyl sites for hydroxylation is 1. The maximum absolute atomic E-state index is 5.43. The van der Waals surface area contributed by atoms with Crippen LogP contribution in [0.3, 0.4) is 0 Å². The molecule has 0 spiro atoms. The minimum absolute atomic E-state index is 0. The standard InChI is InChI=1S/C18H30N4O.HI/c1-14-7-8-17(23-4)15(12-14)9-10-20-18(19-2)21-13-16-6-5-11-22(16)3;/h7-8,12,16H,5-6,9-11,13H2,1-4H3,(H2,19,20,21);1H. The maximum Gasteiger partial charge on any atom is 0.191 e. The van der Waals surface area contributed by atoms with Crippen molar-refractivity contribution in [2.24, 2.45) is 4.99 Å². The molecule has 1 atom stereocenters. The lowest BCUT2D eigenvalue weighted by atomic mass is 10.1. The number of ether oxygens (including phenoxy) is 1. The van der Waals surface area contributed by atoms with Gasteiger partial charge >= 0.3 is 0 Å². The number of halogens is 1. The molecule has 1 unspecified atom stereocenters. The Labute approximate surface area is 163 Å². The molecule has 0 saturated carbocycles. The molecule has 1 aliphatic heterocycles. The summed E-state index contributed by atoms with van der Waals surface area (Å²) in [7, 11) is 5.74. The van der Waals surface area contributed by atoms with Gasteiger partial charge in [0.2, 0.25) is 0 Å². The van der Waals surface area contributed by atoms with E-state index < -0.39 is 0 Å². The Balaban J connectivity index is 0.00000288. The van der Waals surface area contributed by atoms with Crippen molar-refractivity contribution < 1.29 is 4.74 Å². The highest BCUT2D eigenvalue weighted by Gasteiger charge is 2.20. The molecule has 136 valence electrons. The van der Waals surface area contributed by atoms with E-state index in [0.717, 1.165) is 31.2 Å². The third kappa shape index (κ3) is 6.12. The van der Waals surface area contributed by atoms with E-state index in [1.807, 2.05) is 13.1 Å². The van der Waals surface area contributed by atoms with Gasteiger partial charge in [-0.3, -0.25) is 4.99 Å². The fourth-order valence-electron chi connectivity index (χ4n) is 3.09. The number of hydrogen-bond donors (Lipinski definition) is 2. The maximum atomic E-state index is 5.43. The van der Waals surface area contributed by atoms with Crippen molar-refractivity contribution >= 4 is 29.9 Å². The van der Waals surface area contributed by atoms with Gasteiger partial charge in [0.05, 0.1) is 7.11 Å². The molecule has 0 radical (unpaired) electrons. The number of methoxy groups -OCH3 is 1. The number of nitrogens with zero attached hydrogens (tertiary/aromatic N) is 2. The monoisotopic (exact) mass is 446 g/mol. The van der Waals surface area contributed by atoms with Crippen molar-refractivity contribution in [1.82, 2.24) is 15.5 Å². The van der Waals surface area contributed by atoms with Crippen LogP contribution in [0.25, 0.3) is 0 Å². The van der Waals surface area contributed by atoms with Crippen LogP contribution in [0.5, 0.6) is 5.75 Å². The Morgan fingerprint density at radius 3 is 2.79 bits per heavy atom. The van der Waals surface area contributed by atoms with Crippen LogP contribution >= 0.6 is 24.0 Å². The van der Waals surface area contributed by atoms with E-state index in [1.54, 1.807) is 7.11 Å². The SMILES string of the molecule is CN=C(NCCc1cc(C)ccc1OC)NCC1CCCN1C.I. The molecule has 1 aromatic carbocycles. The van der Waals surface area contributed by atoms with E-state index in [0.29, 0.717) is 6.04 Å². The molecular weight excluding hydrogens is 415 g/mol. The third-order valence-corrected chi connectivity index (χ3v) is 4.52. The molecule has 0 aromatic heterocycles. The van der Waals surface area contributed by atoms with Crippen molar-refractivity contribution in [1.29, 1.82) is 0 Å². The molecule has 1 aliphatic rings. The lowest BCUT2D eigenvalue weighted by Gasteiger charge is -2.21. The van der Waals surface area contributed by atoms with Crippen LogP contribution in [-0.4, -0.2) is 57.7 Å². The number of hydrogen-bond acceptors (Lipinski definition) is 3. The lowest BCUT2D eigenvalue weighted by Crippen LogP contribution is -2.44. The van der Waals surface area contributed by atoms with Gasteiger partial charge in [-0.15, -0.1) is 24.0 Å². The van der Waals surface area contributed by atoms with E-state index in [2.05, 4.69) is 46.6 Å². The molecule has 1 fully saturated rings. The van der Waals surface area contributed by atoms with Gasteiger partial charge in [-0.25, -0.2) is 0 Å². The number of benzene rings is 1. The van der Waals surface area contributed by atoms with Crippen molar-refractivity contribution in [3.8, 4) is 5.75 Å². The first-order valence-electron chi connectivity index (χ1n) is 8.42. The highest BCUT2D eigenvalue weighted by atomic mass is 127. The van der Waals surface area contributed by atoms with Crippen molar-refractivity contribution in [2.45, 2.75) is 32.2 Å². The van der Waals surface area contributed by atoms with E-state index in [9.17, 15) is 0 Å². The first-order valence-corrected chi connectivity index (χ1v) is 8.42. The van der Waals surface area contributed by atoms with Crippen LogP contribution in [0.4, 0.5) is 0 Å². The number of aliphatic imine (C=N–C) groups is 1. The summed E-state index contributed by atoms with van der Waals surface area (Å²) in [5.41, 5.74) is 2.48. The second-order valence-corrected chi connectivity index (χ2v) is 6.22. The minimum atomic E-state index is 0. The summed E-state index contributed by atoms with van der Waals surface area (Å²) in [6.07, 6.45) is 3.47. The van der Waals surface area contributed by atoms with Crippen LogP contribution in [-0.2, 0) is 6.42 Å². The topological polar surface area (TPSA) is 48.9 Å². The fraction of sp³-hybridized carbons (Fsp3) is 0.611. The largest absolute Gasteiger partial charge is 0.496 e. The van der Waals surface area contributed by atoms with E-state index in [1.165, 1.54) is 30.5 Å². The van der Waals surface area contributed by atoms with Crippen molar-refractivity contribution in [2.75, 3.05) is 40.8 Å². The summed E-state index contributed by atoms with van der Waals surface area (Å²) in [6, 6.07) is 6.91. The summed E-state index contributed by atoms with van der Waals surface area (Å²) in [4.78, 5) is 6.72. The zero-order valence-corrected chi connectivity index (χ0v) is 17.6. The molecular formula is C18H31IN4O. The zero-order chi connectivity index (χ0) is 16.7. The average Bonchev–Trinajstić information content (AvgIpc) is 2.96. The van der Waals surface area contributed by atoms with Crippen LogP contribution in [0.1, 0.15) is 24.0 Å². The molecule has 0 aliphatic carbocycles. The van der Waals surface area contributed by atoms with Gasteiger partial charge in [0.1, 0.15) is 5.75 Å². The first-order chi connectivity index (χ1) is 11.1. The highest BCUT2D eigenvalue weighted by Crippen LogP contribution is 2.19. The van der Waals surface area contributed by atoms with E-state index in [-0.39, 0.29) is 24.0 Å². The normalized spacial score (nSPS) is 18.2. The van der Waals surface area contributed by atoms with Crippen molar-refractivity contribution in [3.05, 3.63) is 29.3 Å². The first kappa shape index (κ1) is 21.0. The second kappa shape index (κ2) is 10.8. The summed E-state index contributed by atoms with van der Waals surface area (Å²) in [5.74, 6) is 1.82. The fourth-order valence-corrected chi connectivity index (χ4v) is 3.09. The predicted octanol–water partition coefficient (Wildman–Crippen LogP) is 2.42. The zero-order valence-electron chi connectivity index (χ0n) is 15.3. The van der Waals surface area contributed by atoms with Crippen LogP contribution in [0, 0.1) is 6.92 Å². The predicted molar refractivity (Wildman–Crippen MR) is 112 cm³/mol. The number of likely N-dealkylation sites (tertiary alicyclic amines) is 1. The summed E-state index contributed by atoms with van der Waals surface area (Å²) in [6.45, 7) is 5.09. The van der Waals surface area contributed by atoms with E-state index >= 15 is 0 Å². The number of rotatable bonds is 6. The third-order valence-electron chi connectivity index (χ3n) is 4.52. The Morgan fingerprint density at radius 2 is 2.17 bits per heavy atom. The summed E-state index contributed by atoms with van der Waals surface area (Å²) < 4.78 is 5.43. The summed E-state index contributed by atoms with van der Waals surface area (Å²) in [5, 5.41) is 6.83. The van der Waals surface area contributed by atoms with Gasteiger partial charge in [0.25, 0.3) is 0 Å². The average molecular weight is 446 g/mol. The molecule has 2 rings (SSSR count). The molecule has 1 heterocycles. The minimum Gasteiger partial charge on any atom is -0.496 e. The van der Waals surface area contributed by atoms with Gasteiger partial charge in [0.15, 0.2) is 5.96 Å². The molecule has 24 heavy (non-hydrogen) atoms. The van der Waals surface area contributed by atoms with Crippen LogP contribution in [0.15, 0.2) is 23.2 Å². The van der Waals surface area contributed by atoms with Gasteiger partial charge in [0, 0.05) is 26.2 Å². The smallest absolute Gasteiger partial charge is 0.191 e.